The zero-order valence-corrected chi connectivity index (χ0v) is 11.9. The molecule has 21 heavy (non-hydrogen) atoms. The molecule has 2 aromatic rings. The number of hydrogen-bond acceptors (Lipinski definition) is 4. The maximum absolute atomic E-state index is 12.8. The highest BCUT2D eigenvalue weighted by atomic mass is 19.1. The van der Waals surface area contributed by atoms with Crippen LogP contribution < -0.4 is 10.6 Å². The molecular weight excluding hydrogens is 271 g/mol. The number of benzene rings is 1. The van der Waals surface area contributed by atoms with Gasteiger partial charge in [-0.25, -0.2) is 14.4 Å². The second kappa shape index (κ2) is 6.78. The standard InChI is InChI=1S/C15H17FN4O/c1-10(7-11-3-5-12(16)6-4-11)20-15(21)13-8-19-14(17-2)9-18-13/h3-6,8-10H,7H2,1-2H3,(H,17,19)(H,20,21). The maximum Gasteiger partial charge on any atom is 0.271 e. The van der Waals surface area contributed by atoms with Crippen molar-refractivity contribution in [3.05, 3.63) is 53.7 Å². The monoisotopic (exact) mass is 288 g/mol. The molecule has 0 spiro atoms. The van der Waals surface area contributed by atoms with Crippen molar-refractivity contribution >= 4 is 11.7 Å². The van der Waals surface area contributed by atoms with Crippen molar-refractivity contribution in [2.45, 2.75) is 19.4 Å². The summed E-state index contributed by atoms with van der Waals surface area (Å²) in [6.45, 7) is 1.89. The van der Waals surface area contributed by atoms with Gasteiger partial charge in [-0.2, -0.15) is 0 Å². The van der Waals surface area contributed by atoms with Crippen molar-refractivity contribution in [3.8, 4) is 0 Å². The quantitative estimate of drug-likeness (QED) is 0.883. The van der Waals surface area contributed by atoms with Crippen LogP contribution in [0.1, 0.15) is 23.0 Å². The van der Waals surface area contributed by atoms with Crippen LogP contribution in [0, 0.1) is 5.82 Å². The van der Waals surface area contributed by atoms with Crippen LogP contribution in [0.2, 0.25) is 0 Å². The molecule has 0 fully saturated rings. The Morgan fingerprint density at radius 3 is 2.52 bits per heavy atom. The number of carbonyl (C=O) groups excluding carboxylic acids is 1. The molecule has 0 aliphatic carbocycles. The predicted octanol–water partition coefficient (Wildman–Crippen LogP) is 2.02. The topological polar surface area (TPSA) is 66.9 Å². The van der Waals surface area contributed by atoms with Crippen molar-refractivity contribution in [1.82, 2.24) is 15.3 Å². The van der Waals surface area contributed by atoms with Crippen LogP contribution >= 0.6 is 0 Å². The van der Waals surface area contributed by atoms with Gasteiger partial charge in [-0.1, -0.05) is 12.1 Å². The van der Waals surface area contributed by atoms with E-state index in [1.165, 1.54) is 24.5 Å². The molecule has 1 heterocycles. The van der Waals surface area contributed by atoms with Crippen LogP contribution in [0.4, 0.5) is 10.2 Å². The van der Waals surface area contributed by atoms with Gasteiger partial charge in [0.25, 0.3) is 5.91 Å². The fourth-order valence-electron chi connectivity index (χ4n) is 1.90. The smallest absolute Gasteiger partial charge is 0.271 e. The molecule has 1 aromatic carbocycles. The van der Waals surface area contributed by atoms with Crippen LogP contribution in [-0.4, -0.2) is 29.0 Å². The summed E-state index contributed by atoms with van der Waals surface area (Å²) in [5, 5.41) is 5.68. The Labute approximate surface area is 122 Å². The molecule has 6 heteroatoms. The lowest BCUT2D eigenvalue weighted by Crippen LogP contribution is -2.34. The van der Waals surface area contributed by atoms with Crippen molar-refractivity contribution in [2.24, 2.45) is 0 Å². The van der Waals surface area contributed by atoms with Crippen molar-refractivity contribution in [1.29, 1.82) is 0 Å². The Morgan fingerprint density at radius 2 is 1.95 bits per heavy atom. The first kappa shape index (κ1) is 14.9. The molecule has 5 nitrogen and oxygen atoms in total. The van der Waals surface area contributed by atoms with E-state index in [0.717, 1.165) is 5.56 Å². The lowest BCUT2D eigenvalue weighted by Gasteiger charge is -2.13. The first-order valence-corrected chi connectivity index (χ1v) is 6.63. The highest BCUT2D eigenvalue weighted by molar-refractivity contribution is 5.92. The van der Waals surface area contributed by atoms with Gasteiger partial charge in [-0.15, -0.1) is 0 Å². The zero-order chi connectivity index (χ0) is 15.2. The highest BCUT2D eigenvalue weighted by Crippen LogP contribution is 2.06. The third-order valence-corrected chi connectivity index (χ3v) is 2.97. The number of halogens is 1. The number of anilines is 1. The molecule has 2 rings (SSSR count). The fraction of sp³-hybridized carbons (Fsp3) is 0.267. The number of nitrogens with one attached hydrogen (secondary N) is 2. The number of amides is 1. The minimum atomic E-state index is -0.278. The van der Waals surface area contributed by atoms with E-state index in [4.69, 9.17) is 0 Å². The van der Waals surface area contributed by atoms with Crippen LogP contribution in [0.5, 0.6) is 0 Å². The molecule has 0 bridgehead atoms. The lowest BCUT2D eigenvalue weighted by atomic mass is 10.1. The Kier molecular flexibility index (Phi) is 4.81. The summed E-state index contributed by atoms with van der Waals surface area (Å²) in [4.78, 5) is 20.1. The summed E-state index contributed by atoms with van der Waals surface area (Å²) in [7, 11) is 1.73. The number of nitrogens with zero attached hydrogens (tertiary/aromatic N) is 2. The van der Waals surface area contributed by atoms with Gasteiger partial charge in [-0.3, -0.25) is 4.79 Å². The second-order valence-electron chi connectivity index (χ2n) is 4.74. The van der Waals surface area contributed by atoms with E-state index in [1.54, 1.807) is 19.2 Å². The molecule has 1 amide bonds. The predicted molar refractivity (Wildman–Crippen MR) is 78.6 cm³/mol. The number of hydrogen-bond donors (Lipinski definition) is 2. The molecule has 0 saturated carbocycles. The maximum atomic E-state index is 12.8. The third-order valence-electron chi connectivity index (χ3n) is 2.97. The van der Waals surface area contributed by atoms with Gasteiger partial charge in [0, 0.05) is 13.1 Å². The van der Waals surface area contributed by atoms with Crippen LogP contribution in [-0.2, 0) is 6.42 Å². The van der Waals surface area contributed by atoms with Gasteiger partial charge < -0.3 is 10.6 Å². The molecule has 1 atom stereocenters. The van der Waals surface area contributed by atoms with Gasteiger partial charge in [0.1, 0.15) is 17.3 Å². The molecule has 0 radical (unpaired) electrons. The summed E-state index contributed by atoms with van der Waals surface area (Å²) in [5.74, 6) is 0.0565. The third kappa shape index (κ3) is 4.24. The molecule has 2 N–H and O–H groups in total. The van der Waals surface area contributed by atoms with Gasteiger partial charge in [-0.05, 0) is 31.0 Å². The number of rotatable bonds is 5. The molecular formula is C15H17FN4O. The van der Waals surface area contributed by atoms with E-state index in [0.29, 0.717) is 12.2 Å². The highest BCUT2D eigenvalue weighted by Gasteiger charge is 2.12. The van der Waals surface area contributed by atoms with E-state index in [1.807, 2.05) is 6.92 Å². The minimum absolute atomic E-state index is 0.0891. The lowest BCUT2D eigenvalue weighted by molar-refractivity contribution is 0.0934. The summed E-state index contributed by atoms with van der Waals surface area (Å²) < 4.78 is 12.8. The summed E-state index contributed by atoms with van der Waals surface area (Å²) in [5.41, 5.74) is 1.22. The first-order valence-electron chi connectivity index (χ1n) is 6.63. The normalized spacial score (nSPS) is 11.8. The molecule has 0 aliphatic heterocycles. The van der Waals surface area contributed by atoms with Gasteiger partial charge in [0.15, 0.2) is 0 Å². The van der Waals surface area contributed by atoms with Gasteiger partial charge >= 0.3 is 0 Å². The van der Waals surface area contributed by atoms with Gasteiger partial charge in [0.2, 0.25) is 0 Å². The van der Waals surface area contributed by atoms with Crippen LogP contribution in [0.25, 0.3) is 0 Å². The Hall–Kier alpha value is -2.50. The average Bonchev–Trinajstić information content (AvgIpc) is 2.49. The summed E-state index contributed by atoms with van der Waals surface area (Å²) >= 11 is 0. The van der Waals surface area contributed by atoms with E-state index in [2.05, 4.69) is 20.6 Å². The van der Waals surface area contributed by atoms with Crippen LogP contribution in [0.15, 0.2) is 36.7 Å². The van der Waals surface area contributed by atoms with Crippen molar-refractivity contribution in [3.63, 3.8) is 0 Å². The molecule has 0 saturated heterocycles. The van der Waals surface area contributed by atoms with E-state index >= 15 is 0 Å². The van der Waals surface area contributed by atoms with E-state index in [9.17, 15) is 9.18 Å². The Balaban J connectivity index is 1.93. The molecule has 1 aromatic heterocycles. The largest absolute Gasteiger partial charge is 0.372 e. The summed E-state index contributed by atoms with van der Waals surface area (Å²) in [6.07, 6.45) is 3.54. The van der Waals surface area contributed by atoms with E-state index < -0.39 is 0 Å². The number of aromatic nitrogens is 2. The molecule has 1 unspecified atom stereocenters. The minimum Gasteiger partial charge on any atom is -0.372 e. The molecule has 110 valence electrons. The van der Waals surface area contributed by atoms with Gasteiger partial charge in [0.05, 0.1) is 12.4 Å². The zero-order valence-electron chi connectivity index (χ0n) is 11.9. The second-order valence-corrected chi connectivity index (χ2v) is 4.74. The molecule has 0 aliphatic rings. The SMILES string of the molecule is CNc1cnc(C(=O)NC(C)Cc2ccc(F)cc2)cn1. The first-order chi connectivity index (χ1) is 10.1. The number of carbonyl (C=O) groups is 1. The average molecular weight is 288 g/mol. The van der Waals surface area contributed by atoms with Crippen LogP contribution in [0.3, 0.4) is 0 Å². The van der Waals surface area contributed by atoms with Crippen molar-refractivity contribution in [2.75, 3.05) is 12.4 Å². The Morgan fingerprint density at radius 1 is 1.24 bits per heavy atom. The Bertz CT molecular complexity index is 598. The fourth-order valence-corrected chi connectivity index (χ4v) is 1.90. The summed E-state index contributed by atoms with van der Waals surface area (Å²) in [6, 6.07) is 6.14. The van der Waals surface area contributed by atoms with Crippen molar-refractivity contribution < 1.29 is 9.18 Å². The van der Waals surface area contributed by atoms with E-state index in [-0.39, 0.29) is 23.5 Å².